The first-order valence-corrected chi connectivity index (χ1v) is 6.50. The average Bonchev–Trinajstić information content (AvgIpc) is 2.53. The summed E-state index contributed by atoms with van der Waals surface area (Å²) < 4.78 is 0. The van der Waals surface area contributed by atoms with Gasteiger partial charge in [0.05, 0.1) is 0 Å². The average molecular weight is 270 g/mol. The van der Waals surface area contributed by atoms with Crippen LogP contribution in [-0.2, 0) is 17.9 Å². The number of nitrogens with one attached hydrogen (secondary N) is 1. The fourth-order valence-corrected chi connectivity index (χ4v) is 1.99. The molecule has 0 bridgehead atoms. The predicted octanol–water partition coefficient (Wildman–Crippen LogP) is 1.50. The highest BCUT2D eigenvalue weighted by Crippen LogP contribution is 2.13. The van der Waals surface area contributed by atoms with Crippen molar-refractivity contribution in [3.05, 3.63) is 71.3 Å². The van der Waals surface area contributed by atoms with E-state index in [1.165, 1.54) is 0 Å². The molecule has 0 fully saturated rings. The van der Waals surface area contributed by atoms with Gasteiger partial charge in [-0.3, -0.25) is 4.79 Å². The van der Waals surface area contributed by atoms with E-state index < -0.39 is 12.0 Å². The maximum Gasteiger partial charge on any atom is 0.253 e. The van der Waals surface area contributed by atoms with E-state index in [9.17, 15) is 9.90 Å². The van der Waals surface area contributed by atoms with Gasteiger partial charge in [-0.05, 0) is 16.7 Å². The van der Waals surface area contributed by atoms with Crippen LogP contribution in [0, 0.1) is 0 Å². The number of hydrogen-bond donors (Lipinski definition) is 3. The fraction of sp³-hybridized carbons (Fsp3) is 0.188. The van der Waals surface area contributed by atoms with Gasteiger partial charge in [-0.2, -0.15) is 0 Å². The predicted molar refractivity (Wildman–Crippen MR) is 77.6 cm³/mol. The Morgan fingerprint density at radius 2 is 1.65 bits per heavy atom. The Bertz CT molecular complexity index is 570. The summed E-state index contributed by atoms with van der Waals surface area (Å²) in [4.78, 5) is 11.9. The third-order valence-electron chi connectivity index (χ3n) is 3.16. The van der Waals surface area contributed by atoms with Crippen molar-refractivity contribution in [3.63, 3.8) is 0 Å². The van der Waals surface area contributed by atoms with Crippen LogP contribution >= 0.6 is 0 Å². The zero-order chi connectivity index (χ0) is 14.4. The zero-order valence-electron chi connectivity index (χ0n) is 11.1. The molecule has 0 saturated carbocycles. The second-order valence-electron chi connectivity index (χ2n) is 4.50. The van der Waals surface area contributed by atoms with Crippen molar-refractivity contribution in [2.45, 2.75) is 19.2 Å². The Labute approximate surface area is 118 Å². The second-order valence-corrected chi connectivity index (χ2v) is 4.50. The van der Waals surface area contributed by atoms with Gasteiger partial charge in [-0.15, -0.1) is 0 Å². The van der Waals surface area contributed by atoms with E-state index in [0.717, 1.165) is 11.1 Å². The van der Waals surface area contributed by atoms with Crippen LogP contribution in [0.5, 0.6) is 0 Å². The van der Waals surface area contributed by atoms with E-state index in [-0.39, 0.29) is 0 Å². The quantitative estimate of drug-likeness (QED) is 0.770. The zero-order valence-corrected chi connectivity index (χ0v) is 11.1. The minimum atomic E-state index is -1.15. The van der Waals surface area contributed by atoms with E-state index in [1.807, 2.05) is 30.3 Å². The third-order valence-corrected chi connectivity index (χ3v) is 3.16. The van der Waals surface area contributed by atoms with E-state index in [0.29, 0.717) is 18.7 Å². The van der Waals surface area contributed by atoms with Crippen molar-refractivity contribution in [2.75, 3.05) is 0 Å². The van der Waals surface area contributed by atoms with Crippen LogP contribution in [0.1, 0.15) is 22.8 Å². The van der Waals surface area contributed by atoms with Crippen molar-refractivity contribution >= 4 is 5.91 Å². The van der Waals surface area contributed by atoms with Crippen LogP contribution in [-0.4, -0.2) is 11.0 Å². The molecule has 1 unspecified atom stereocenters. The van der Waals surface area contributed by atoms with Crippen LogP contribution in [0.15, 0.2) is 54.6 Å². The Kier molecular flexibility index (Phi) is 4.87. The lowest BCUT2D eigenvalue weighted by Crippen LogP contribution is -2.29. The molecule has 104 valence electrons. The summed E-state index contributed by atoms with van der Waals surface area (Å²) in [7, 11) is 0. The molecule has 4 N–H and O–H groups in total. The summed E-state index contributed by atoms with van der Waals surface area (Å²) in [6.07, 6.45) is -1.15. The first-order valence-electron chi connectivity index (χ1n) is 6.50. The van der Waals surface area contributed by atoms with Crippen molar-refractivity contribution in [2.24, 2.45) is 5.73 Å². The Morgan fingerprint density at radius 1 is 1.05 bits per heavy atom. The lowest BCUT2D eigenvalue weighted by Gasteiger charge is -2.13. The number of benzene rings is 2. The molecule has 2 rings (SSSR count). The SMILES string of the molecule is NCc1ccccc1CNC(=O)C(O)c1ccccc1. The van der Waals surface area contributed by atoms with Gasteiger partial charge in [0.25, 0.3) is 5.91 Å². The van der Waals surface area contributed by atoms with Gasteiger partial charge < -0.3 is 16.2 Å². The Hall–Kier alpha value is -2.17. The summed E-state index contributed by atoms with van der Waals surface area (Å²) in [6, 6.07) is 16.5. The number of carbonyl (C=O) groups is 1. The number of nitrogens with two attached hydrogens (primary N) is 1. The lowest BCUT2D eigenvalue weighted by molar-refractivity contribution is -0.129. The van der Waals surface area contributed by atoms with Crippen molar-refractivity contribution in [3.8, 4) is 0 Å². The van der Waals surface area contributed by atoms with Gasteiger partial charge in [0, 0.05) is 13.1 Å². The van der Waals surface area contributed by atoms with Gasteiger partial charge in [-0.1, -0.05) is 54.6 Å². The van der Waals surface area contributed by atoms with E-state index in [1.54, 1.807) is 24.3 Å². The molecule has 1 atom stereocenters. The molecule has 0 aliphatic carbocycles. The van der Waals surface area contributed by atoms with Gasteiger partial charge in [0.15, 0.2) is 6.10 Å². The minimum Gasteiger partial charge on any atom is -0.378 e. The van der Waals surface area contributed by atoms with Crippen LogP contribution in [0.4, 0.5) is 0 Å². The van der Waals surface area contributed by atoms with Gasteiger partial charge in [0.2, 0.25) is 0 Å². The van der Waals surface area contributed by atoms with Gasteiger partial charge in [-0.25, -0.2) is 0 Å². The summed E-state index contributed by atoms with van der Waals surface area (Å²) >= 11 is 0. The first-order chi connectivity index (χ1) is 9.72. The standard InChI is InChI=1S/C16H18N2O2/c17-10-13-8-4-5-9-14(13)11-18-16(20)15(19)12-6-2-1-3-7-12/h1-9,15,19H,10-11,17H2,(H,18,20). The molecule has 2 aromatic rings. The third kappa shape index (κ3) is 3.44. The van der Waals surface area contributed by atoms with Crippen LogP contribution in [0.2, 0.25) is 0 Å². The number of aliphatic hydroxyl groups excluding tert-OH is 1. The van der Waals surface area contributed by atoms with Crippen molar-refractivity contribution in [1.29, 1.82) is 0 Å². The van der Waals surface area contributed by atoms with E-state index >= 15 is 0 Å². The van der Waals surface area contributed by atoms with E-state index in [4.69, 9.17) is 5.73 Å². The Morgan fingerprint density at radius 3 is 2.30 bits per heavy atom. The summed E-state index contributed by atoms with van der Waals surface area (Å²) in [6.45, 7) is 0.781. The van der Waals surface area contributed by atoms with Gasteiger partial charge >= 0.3 is 0 Å². The number of carbonyl (C=O) groups excluding carboxylic acids is 1. The molecule has 0 heterocycles. The smallest absolute Gasteiger partial charge is 0.253 e. The highest BCUT2D eigenvalue weighted by molar-refractivity contribution is 5.81. The molecule has 0 saturated heterocycles. The molecule has 0 aliphatic heterocycles. The minimum absolute atomic E-state index is 0.357. The molecule has 2 aromatic carbocycles. The normalized spacial score (nSPS) is 11.9. The maximum absolute atomic E-state index is 11.9. The number of rotatable bonds is 5. The molecular weight excluding hydrogens is 252 g/mol. The molecule has 0 aromatic heterocycles. The highest BCUT2D eigenvalue weighted by atomic mass is 16.3. The number of amides is 1. The largest absolute Gasteiger partial charge is 0.378 e. The molecule has 20 heavy (non-hydrogen) atoms. The Balaban J connectivity index is 1.99. The lowest BCUT2D eigenvalue weighted by atomic mass is 10.1. The summed E-state index contributed by atoms with van der Waals surface area (Å²) in [5.41, 5.74) is 8.18. The van der Waals surface area contributed by atoms with Crippen LogP contribution in [0.3, 0.4) is 0 Å². The number of aliphatic hydroxyl groups is 1. The maximum atomic E-state index is 11.9. The molecule has 4 heteroatoms. The van der Waals surface area contributed by atoms with Crippen molar-refractivity contribution < 1.29 is 9.90 Å². The van der Waals surface area contributed by atoms with Gasteiger partial charge in [0.1, 0.15) is 0 Å². The second kappa shape index (κ2) is 6.84. The molecule has 1 amide bonds. The number of hydrogen-bond acceptors (Lipinski definition) is 3. The molecule has 0 radical (unpaired) electrons. The molecular formula is C16H18N2O2. The molecule has 0 aliphatic rings. The molecule has 0 spiro atoms. The fourth-order valence-electron chi connectivity index (χ4n) is 1.99. The topological polar surface area (TPSA) is 75.3 Å². The van der Waals surface area contributed by atoms with Crippen molar-refractivity contribution in [1.82, 2.24) is 5.32 Å². The first kappa shape index (κ1) is 14.2. The monoisotopic (exact) mass is 270 g/mol. The van der Waals surface area contributed by atoms with E-state index in [2.05, 4.69) is 5.32 Å². The summed E-state index contributed by atoms with van der Waals surface area (Å²) in [5, 5.41) is 12.7. The highest BCUT2D eigenvalue weighted by Gasteiger charge is 2.16. The van der Waals surface area contributed by atoms with Crippen LogP contribution < -0.4 is 11.1 Å². The summed E-state index contributed by atoms with van der Waals surface area (Å²) in [5.74, 6) is -0.414. The molecule has 4 nitrogen and oxygen atoms in total. The van der Waals surface area contributed by atoms with Crippen LogP contribution in [0.25, 0.3) is 0 Å².